The van der Waals surface area contributed by atoms with Gasteiger partial charge in [0.25, 0.3) is 0 Å². The second-order valence-electron chi connectivity index (χ2n) is 3.66. The van der Waals surface area contributed by atoms with E-state index in [1.807, 2.05) is 0 Å². The van der Waals surface area contributed by atoms with Gasteiger partial charge in [-0.15, -0.1) is 16.9 Å². The molecule has 0 saturated heterocycles. The van der Waals surface area contributed by atoms with Crippen LogP contribution in [0.5, 0.6) is 0 Å². The van der Waals surface area contributed by atoms with Crippen molar-refractivity contribution in [2.75, 3.05) is 19.5 Å². The van der Waals surface area contributed by atoms with Gasteiger partial charge >= 0.3 is 0 Å². The summed E-state index contributed by atoms with van der Waals surface area (Å²) in [7, 11) is 1.70. The first-order valence-electron chi connectivity index (χ1n) is 5.97. The molecule has 5 heteroatoms. The maximum absolute atomic E-state index is 5.84. The van der Waals surface area contributed by atoms with Crippen molar-refractivity contribution in [3.63, 3.8) is 0 Å². The van der Waals surface area contributed by atoms with Crippen LogP contribution in [0.25, 0.3) is 0 Å². The largest absolute Gasteiger partial charge is 0.384 e. The van der Waals surface area contributed by atoms with Gasteiger partial charge in [-0.05, 0) is 18.4 Å². The predicted octanol–water partition coefficient (Wildman–Crippen LogP) is 1.80. The quantitative estimate of drug-likeness (QED) is 0.594. The van der Waals surface area contributed by atoms with Crippen molar-refractivity contribution in [3.8, 4) is 0 Å². The Balaban J connectivity index is 2.97. The molecular weight excluding hydrogens is 234 g/mol. The first-order chi connectivity index (χ1) is 8.28. The van der Waals surface area contributed by atoms with E-state index in [2.05, 4.69) is 24.0 Å². The third kappa shape index (κ3) is 3.66. The second-order valence-corrected chi connectivity index (χ2v) is 4.75. The smallest absolute Gasteiger partial charge is 0.124 e. The molecule has 0 aliphatic rings. The van der Waals surface area contributed by atoms with Gasteiger partial charge in [-0.2, -0.15) is 5.10 Å². The van der Waals surface area contributed by atoms with Gasteiger partial charge in [0.2, 0.25) is 0 Å². The molecule has 0 unspecified atom stereocenters. The summed E-state index contributed by atoms with van der Waals surface area (Å²) in [4.78, 5) is 0. The summed E-state index contributed by atoms with van der Waals surface area (Å²) in [5, 5.41) is 9.52. The molecule has 0 spiro atoms. The topological polar surface area (TPSA) is 61.0 Å². The SMILES string of the molecule is CCc1nnc(SCCOC)c(CN)c1CC. The number of thioether (sulfide) groups is 1. The molecule has 0 radical (unpaired) electrons. The molecule has 0 fully saturated rings. The highest BCUT2D eigenvalue weighted by atomic mass is 32.2. The van der Waals surface area contributed by atoms with Crippen LogP contribution >= 0.6 is 11.8 Å². The van der Waals surface area contributed by atoms with Crippen LogP contribution in [0.1, 0.15) is 30.7 Å². The lowest BCUT2D eigenvalue weighted by atomic mass is 10.0. The maximum atomic E-state index is 5.84. The monoisotopic (exact) mass is 255 g/mol. The van der Waals surface area contributed by atoms with E-state index in [4.69, 9.17) is 10.5 Å². The van der Waals surface area contributed by atoms with Crippen LogP contribution in [0.2, 0.25) is 0 Å². The zero-order chi connectivity index (χ0) is 12.7. The molecule has 1 heterocycles. The van der Waals surface area contributed by atoms with Crippen molar-refractivity contribution >= 4 is 11.8 Å². The molecule has 4 nitrogen and oxygen atoms in total. The lowest BCUT2D eigenvalue weighted by Crippen LogP contribution is -2.11. The van der Waals surface area contributed by atoms with Crippen LogP contribution in [-0.2, 0) is 24.1 Å². The molecule has 0 aromatic carbocycles. The molecular formula is C12H21N3OS. The fraction of sp³-hybridized carbons (Fsp3) is 0.667. The first-order valence-corrected chi connectivity index (χ1v) is 6.96. The predicted molar refractivity (Wildman–Crippen MR) is 71.3 cm³/mol. The van der Waals surface area contributed by atoms with Gasteiger partial charge in [0.05, 0.1) is 12.3 Å². The highest BCUT2D eigenvalue weighted by Crippen LogP contribution is 2.24. The zero-order valence-corrected chi connectivity index (χ0v) is 11.6. The molecule has 17 heavy (non-hydrogen) atoms. The molecule has 0 bridgehead atoms. The minimum absolute atomic E-state index is 0.529. The number of rotatable bonds is 7. The van der Waals surface area contributed by atoms with E-state index >= 15 is 0 Å². The molecule has 0 amide bonds. The van der Waals surface area contributed by atoms with Crippen molar-refractivity contribution in [1.29, 1.82) is 0 Å². The molecule has 2 N–H and O–H groups in total. The van der Waals surface area contributed by atoms with Crippen LogP contribution in [0.15, 0.2) is 5.03 Å². The van der Waals surface area contributed by atoms with Gasteiger partial charge in [-0.3, -0.25) is 0 Å². The van der Waals surface area contributed by atoms with Crippen LogP contribution in [0, 0.1) is 0 Å². The van der Waals surface area contributed by atoms with Crippen molar-refractivity contribution in [2.24, 2.45) is 5.73 Å². The van der Waals surface area contributed by atoms with Gasteiger partial charge in [-0.25, -0.2) is 0 Å². The fourth-order valence-corrected chi connectivity index (χ4v) is 2.70. The summed E-state index contributed by atoms with van der Waals surface area (Å²) in [5.74, 6) is 0.882. The molecule has 1 aromatic heterocycles. The van der Waals surface area contributed by atoms with Gasteiger partial charge < -0.3 is 10.5 Å². The van der Waals surface area contributed by atoms with Crippen LogP contribution < -0.4 is 5.73 Å². The van der Waals surface area contributed by atoms with E-state index in [0.29, 0.717) is 13.2 Å². The van der Waals surface area contributed by atoms with E-state index in [9.17, 15) is 0 Å². The third-order valence-corrected chi connectivity index (χ3v) is 3.62. The molecule has 96 valence electrons. The normalized spacial score (nSPS) is 10.8. The van der Waals surface area contributed by atoms with Gasteiger partial charge in [0, 0.05) is 25.0 Å². The Bertz CT molecular complexity index is 358. The summed E-state index contributed by atoms with van der Waals surface area (Å²) in [6.45, 7) is 5.48. The van der Waals surface area contributed by atoms with Crippen molar-refractivity contribution in [3.05, 3.63) is 16.8 Å². The molecule has 0 aliphatic carbocycles. The van der Waals surface area contributed by atoms with Gasteiger partial charge in [0.15, 0.2) is 0 Å². The Morgan fingerprint density at radius 1 is 1.18 bits per heavy atom. The number of aromatic nitrogens is 2. The number of hydrogen-bond donors (Lipinski definition) is 1. The second kappa shape index (κ2) is 7.63. The lowest BCUT2D eigenvalue weighted by molar-refractivity contribution is 0.218. The highest BCUT2D eigenvalue weighted by Gasteiger charge is 2.13. The van der Waals surface area contributed by atoms with E-state index in [1.54, 1.807) is 18.9 Å². The van der Waals surface area contributed by atoms with Crippen molar-refractivity contribution in [1.82, 2.24) is 10.2 Å². The minimum Gasteiger partial charge on any atom is -0.384 e. The Labute approximate surface area is 107 Å². The van der Waals surface area contributed by atoms with Gasteiger partial charge in [0.1, 0.15) is 5.03 Å². The summed E-state index contributed by atoms with van der Waals surface area (Å²) >= 11 is 1.67. The minimum atomic E-state index is 0.529. The summed E-state index contributed by atoms with van der Waals surface area (Å²) in [6.07, 6.45) is 1.87. The van der Waals surface area contributed by atoms with Crippen LogP contribution in [0.4, 0.5) is 0 Å². The maximum Gasteiger partial charge on any atom is 0.124 e. The zero-order valence-electron chi connectivity index (χ0n) is 10.8. The van der Waals surface area contributed by atoms with Gasteiger partial charge in [-0.1, -0.05) is 13.8 Å². The van der Waals surface area contributed by atoms with E-state index < -0.39 is 0 Å². The van der Waals surface area contributed by atoms with E-state index in [0.717, 1.165) is 34.9 Å². The number of hydrogen-bond acceptors (Lipinski definition) is 5. The first kappa shape index (κ1) is 14.4. The molecule has 1 rings (SSSR count). The summed E-state index contributed by atoms with van der Waals surface area (Å²) in [5.41, 5.74) is 9.34. The molecule has 0 aliphatic heterocycles. The number of nitrogens with zero attached hydrogens (tertiary/aromatic N) is 2. The molecule has 1 aromatic rings. The third-order valence-electron chi connectivity index (χ3n) is 2.65. The number of nitrogens with two attached hydrogens (primary N) is 1. The average Bonchev–Trinajstić information content (AvgIpc) is 2.38. The Morgan fingerprint density at radius 2 is 1.94 bits per heavy atom. The standard InChI is InChI=1S/C12H21N3OS/c1-4-9-10(8-13)12(17-7-6-16-3)15-14-11(9)5-2/h4-8,13H2,1-3H3. The lowest BCUT2D eigenvalue weighted by Gasteiger charge is -2.13. The van der Waals surface area contributed by atoms with E-state index in [-0.39, 0.29) is 0 Å². The fourth-order valence-electron chi connectivity index (χ4n) is 1.78. The summed E-state index contributed by atoms with van der Waals surface area (Å²) < 4.78 is 5.04. The Hall–Kier alpha value is -0.650. The van der Waals surface area contributed by atoms with E-state index in [1.165, 1.54) is 5.56 Å². The Kier molecular flexibility index (Phi) is 6.47. The number of ether oxygens (including phenoxy) is 1. The van der Waals surface area contributed by atoms with Crippen LogP contribution in [0.3, 0.4) is 0 Å². The van der Waals surface area contributed by atoms with Crippen molar-refractivity contribution in [2.45, 2.75) is 38.3 Å². The van der Waals surface area contributed by atoms with Crippen molar-refractivity contribution < 1.29 is 4.74 Å². The average molecular weight is 255 g/mol. The Morgan fingerprint density at radius 3 is 2.47 bits per heavy atom. The highest BCUT2D eigenvalue weighted by molar-refractivity contribution is 7.99. The number of methoxy groups -OCH3 is 1. The summed E-state index contributed by atoms with van der Waals surface area (Å²) in [6, 6.07) is 0. The number of aryl methyl sites for hydroxylation is 1. The molecule has 0 atom stereocenters. The molecule has 0 saturated carbocycles. The van der Waals surface area contributed by atoms with Crippen LogP contribution in [-0.4, -0.2) is 29.7 Å².